The summed E-state index contributed by atoms with van der Waals surface area (Å²) in [5.74, 6) is 1.01. The van der Waals surface area contributed by atoms with Crippen LogP contribution in [-0.4, -0.2) is 7.11 Å². The second-order valence-corrected chi connectivity index (χ2v) is 10.8. The van der Waals surface area contributed by atoms with Crippen LogP contribution in [0, 0.1) is 0 Å². The topological polar surface area (TPSA) is 9.23 Å². The molecular formula is C25H22OS2. The molecule has 0 spiro atoms. The molecule has 1 nitrogen and oxygen atoms in total. The lowest BCUT2D eigenvalue weighted by molar-refractivity contribution is 0.416. The maximum Gasteiger partial charge on any atom is 0.128 e. The molecule has 0 saturated heterocycles. The highest BCUT2D eigenvalue weighted by molar-refractivity contribution is 7.14. The monoisotopic (exact) mass is 402 g/mol. The first-order chi connectivity index (χ1) is 13.4. The Kier molecular flexibility index (Phi) is 3.05. The molecule has 0 fully saturated rings. The van der Waals surface area contributed by atoms with Crippen LogP contribution in [0.25, 0.3) is 31.7 Å². The Hall–Kier alpha value is -2.10. The molecular weight excluding hydrogens is 380 g/mol. The van der Waals surface area contributed by atoms with Crippen molar-refractivity contribution in [3.05, 3.63) is 63.3 Å². The minimum absolute atomic E-state index is 0.0109. The molecule has 0 atom stereocenters. The van der Waals surface area contributed by atoms with Gasteiger partial charge in [-0.1, -0.05) is 39.8 Å². The van der Waals surface area contributed by atoms with E-state index in [1.807, 2.05) is 29.8 Å². The summed E-state index contributed by atoms with van der Waals surface area (Å²) in [6.45, 7) is 9.45. The van der Waals surface area contributed by atoms with Gasteiger partial charge in [-0.15, -0.1) is 22.7 Å². The summed E-state index contributed by atoms with van der Waals surface area (Å²) in [6, 6.07) is 11.6. The zero-order valence-corrected chi connectivity index (χ0v) is 18.4. The van der Waals surface area contributed by atoms with Gasteiger partial charge in [-0.25, -0.2) is 0 Å². The fourth-order valence-electron chi connectivity index (χ4n) is 5.62. The van der Waals surface area contributed by atoms with E-state index in [1.54, 1.807) is 0 Å². The van der Waals surface area contributed by atoms with Crippen molar-refractivity contribution in [2.24, 2.45) is 0 Å². The number of benzene rings is 2. The molecule has 140 valence electrons. The molecule has 2 aromatic heterocycles. The van der Waals surface area contributed by atoms with Gasteiger partial charge >= 0.3 is 0 Å². The van der Waals surface area contributed by atoms with Crippen molar-refractivity contribution in [3.8, 4) is 26.6 Å². The molecule has 0 saturated carbocycles. The molecule has 3 heteroatoms. The summed E-state index contributed by atoms with van der Waals surface area (Å²) in [7, 11) is 1.81. The highest BCUT2D eigenvalue weighted by atomic mass is 32.1. The second kappa shape index (κ2) is 5.08. The van der Waals surface area contributed by atoms with E-state index in [0.717, 1.165) is 5.75 Å². The third kappa shape index (κ3) is 1.74. The first-order valence-corrected chi connectivity index (χ1v) is 11.5. The lowest BCUT2D eigenvalue weighted by atomic mass is 9.76. The Bertz CT molecular complexity index is 1300. The van der Waals surface area contributed by atoms with Gasteiger partial charge in [0, 0.05) is 26.1 Å². The Balaban J connectivity index is 1.80. The number of rotatable bonds is 1. The smallest absolute Gasteiger partial charge is 0.128 e. The predicted molar refractivity (Wildman–Crippen MR) is 121 cm³/mol. The fraction of sp³-hybridized carbons (Fsp3) is 0.280. The van der Waals surface area contributed by atoms with Crippen LogP contribution < -0.4 is 4.74 Å². The number of hydrogen-bond donors (Lipinski definition) is 0. The summed E-state index contributed by atoms with van der Waals surface area (Å²) in [5.41, 5.74) is 8.47. The van der Waals surface area contributed by atoms with Crippen LogP contribution in [0.2, 0.25) is 0 Å². The molecule has 2 aliphatic carbocycles. The van der Waals surface area contributed by atoms with Gasteiger partial charge in [0.25, 0.3) is 0 Å². The molecule has 28 heavy (non-hydrogen) atoms. The van der Waals surface area contributed by atoms with Crippen LogP contribution in [0.5, 0.6) is 5.75 Å². The maximum atomic E-state index is 5.98. The third-order valence-electron chi connectivity index (χ3n) is 6.91. The van der Waals surface area contributed by atoms with E-state index in [2.05, 4.69) is 68.8 Å². The van der Waals surface area contributed by atoms with E-state index in [4.69, 9.17) is 4.74 Å². The number of thiophene rings is 2. The molecule has 0 N–H and O–H groups in total. The summed E-state index contributed by atoms with van der Waals surface area (Å²) < 4.78 is 5.98. The zero-order chi connectivity index (χ0) is 19.4. The van der Waals surface area contributed by atoms with Gasteiger partial charge in [-0.05, 0) is 67.5 Å². The first-order valence-electron chi connectivity index (χ1n) is 9.72. The van der Waals surface area contributed by atoms with Crippen LogP contribution >= 0.6 is 22.7 Å². The van der Waals surface area contributed by atoms with Crippen molar-refractivity contribution < 1.29 is 4.74 Å². The molecule has 2 heterocycles. The zero-order valence-electron chi connectivity index (χ0n) is 16.8. The Morgan fingerprint density at radius 2 is 1.39 bits per heavy atom. The normalized spacial score (nSPS) is 17.3. The molecule has 2 aromatic carbocycles. The Morgan fingerprint density at radius 3 is 2.11 bits per heavy atom. The minimum atomic E-state index is -0.0146. The lowest BCUT2D eigenvalue weighted by Crippen LogP contribution is -2.17. The molecule has 4 aromatic rings. The highest BCUT2D eigenvalue weighted by Gasteiger charge is 2.43. The van der Waals surface area contributed by atoms with Gasteiger partial charge in [0.05, 0.1) is 7.11 Å². The summed E-state index contributed by atoms with van der Waals surface area (Å²) in [4.78, 5) is 2.80. The molecule has 0 aliphatic heterocycles. The van der Waals surface area contributed by atoms with E-state index < -0.39 is 0 Å². The maximum absolute atomic E-state index is 5.98. The predicted octanol–water partition coefficient (Wildman–Crippen LogP) is 7.58. The molecule has 6 rings (SSSR count). The number of hydrogen-bond acceptors (Lipinski definition) is 3. The van der Waals surface area contributed by atoms with Crippen LogP contribution in [0.3, 0.4) is 0 Å². The van der Waals surface area contributed by atoms with Crippen LogP contribution in [0.1, 0.15) is 49.9 Å². The van der Waals surface area contributed by atoms with Crippen molar-refractivity contribution in [3.63, 3.8) is 0 Å². The quantitative estimate of drug-likeness (QED) is 0.319. The molecule has 0 radical (unpaired) electrons. The van der Waals surface area contributed by atoms with Gasteiger partial charge in [0.15, 0.2) is 0 Å². The van der Waals surface area contributed by atoms with Gasteiger partial charge in [-0.3, -0.25) is 0 Å². The highest BCUT2D eigenvalue weighted by Crippen LogP contribution is 2.60. The SMILES string of the molecule is COc1cc2c3c(ccc2c2c1-c1sccc1C2(C)C)-c1sccc1C3(C)C. The van der Waals surface area contributed by atoms with Gasteiger partial charge < -0.3 is 4.74 Å². The van der Waals surface area contributed by atoms with Crippen LogP contribution in [0.4, 0.5) is 0 Å². The van der Waals surface area contributed by atoms with Crippen LogP contribution in [0.15, 0.2) is 41.1 Å². The van der Waals surface area contributed by atoms with E-state index in [-0.39, 0.29) is 10.8 Å². The average Bonchev–Trinajstić information content (AvgIpc) is 3.40. The van der Waals surface area contributed by atoms with E-state index in [0.29, 0.717) is 0 Å². The number of fused-ring (bicyclic) bond motifs is 9. The second-order valence-electron chi connectivity index (χ2n) is 8.99. The van der Waals surface area contributed by atoms with Crippen molar-refractivity contribution in [1.29, 1.82) is 0 Å². The molecule has 0 unspecified atom stereocenters. The largest absolute Gasteiger partial charge is 0.496 e. The third-order valence-corrected chi connectivity index (χ3v) is 8.79. The standard InChI is InChI=1S/C25H22OS2/c1-24(2)16-8-10-27-22(16)14-7-6-13-15(20(14)24)12-18(26-5)19-21(13)25(3,4)17-9-11-28-23(17)19/h6-12H,1-5H3. The van der Waals surface area contributed by atoms with Crippen molar-refractivity contribution in [2.45, 2.75) is 38.5 Å². The first kappa shape index (κ1) is 16.8. The summed E-state index contributed by atoms with van der Waals surface area (Å²) in [6.07, 6.45) is 0. The molecule has 2 aliphatic rings. The average molecular weight is 403 g/mol. The summed E-state index contributed by atoms with van der Waals surface area (Å²) in [5, 5.41) is 7.17. The van der Waals surface area contributed by atoms with Crippen molar-refractivity contribution in [1.82, 2.24) is 0 Å². The minimum Gasteiger partial charge on any atom is -0.496 e. The lowest BCUT2D eigenvalue weighted by Gasteiger charge is -2.27. The van der Waals surface area contributed by atoms with Gasteiger partial charge in [-0.2, -0.15) is 0 Å². The Morgan fingerprint density at radius 1 is 0.750 bits per heavy atom. The molecule has 0 amide bonds. The van der Waals surface area contributed by atoms with Gasteiger partial charge in [0.1, 0.15) is 5.75 Å². The van der Waals surface area contributed by atoms with E-state index in [1.165, 1.54) is 53.9 Å². The Labute approximate surface area is 173 Å². The summed E-state index contributed by atoms with van der Waals surface area (Å²) >= 11 is 3.70. The number of ether oxygens (including phenoxy) is 1. The van der Waals surface area contributed by atoms with E-state index in [9.17, 15) is 0 Å². The van der Waals surface area contributed by atoms with Crippen molar-refractivity contribution >= 4 is 33.4 Å². The van der Waals surface area contributed by atoms with Gasteiger partial charge in [0.2, 0.25) is 0 Å². The molecule has 0 bridgehead atoms. The van der Waals surface area contributed by atoms with E-state index >= 15 is 0 Å². The fourth-order valence-corrected chi connectivity index (χ4v) is 7.82. The number of methoxy groups -OCH3 is 1. The van der Waals surface area contributed by atoms with Crippen molar-refractivity contribution in [2.75, 3.05) is 7.11 Å². The van der Waals surface area contributed by atoms with Crippen LogP contribution in [-0.2, 0) is 10.8 Å².